The lowest BCUT2D eigenvalue weighted by Crippen LogP contribution is -2.33. The monoisotopic (exact) mass is 781 g/mol. The molecule has 8 nitrogen and oxygen atoms in total. The molecule has 0 bridgehead atoms. The number of carbonyl (C=O) groups is 3. The van der Waals surface area contributed by atoms with Gasteiger partial charge in [-0.2, -0.15) is 13.2 Å². The lowest BCUT2D eigenvalue weighted by atomic mass is 9.81. The molecule has 1 saturated carbocycles. The summed E-state index contributed by atoms with van der Waals surface area (Å²) in [5, 5.41) is 20.0. The number of nitrogens with zero attached hydrogens (tertiary/aromatic N) is 1. The number of carboxylic acids is 1. The van der Waals surface area contributed by atoms with Crippen molar-refractivity contribution < 1.29 is 37.8 Å². The SMILES string of the molecule is NCC1CCCC(CNC(=O)c2cccc(-c3cccc(CN(CCc4ccc(O)cc4)C(=O)Cc4ccc(Br)cc4)c3)c2)C1.O=C(O)C(F)(F)F. The largest absolute Gasteiger partial charge is 0.508 e. The lowest BCUT2D eigenvalue weighted by molar-refractivity contribution is -0.192. The zero-order valence-corrected chi connectivity index (χ0v) is 30.2. The maximum Gasteiger partial charge on any atom is 0.490 e. The van der Waals surface area contributed by atoms with E-state index >= 15 is 0 Å². The number of hydrogen-bond donors (Lipinski definition) is 4. The smallest absolute Gasteiger partial charge is 0.490 e. The van der Waals surface area contributed by atoms with E-state index in [2.05, 4.69) is 27.3 Å². The predicted octanol–water partition coefficient (Wildman–Crippen LogP) is 7.76. The van der Waals surface area contributed by atoms with Gasteiger partial charge in [0.1, 0.15) is 5.75 Å². The minimum atomic E-state index is -5.08. The van der Waals surface area contributed by atoms with Gasteiger partial charge in [-0.1, -0.05) is 76.9 Å². The van der Waals surface area contributed by atoms with Crippen LogP contribution in [0.2, 0.25) is 0 Å². The molecule has 0 aromatic heterocycles. The van der Waals surface area contributed by atoms with Crippen LogP contribution in [0.5, 0.6) is 5.75 Å². The summed E-state index contributed by atoms with van der Waals surface area (Å²) in [7, 11) is 0. The fourth-order valence-electron chi connectivity index (χ4n) is 6.16. The number of aromatic hydroxyl groups is 1. The minimum Gasteiger partial charge on any atom is -0.508 e. The molecule has 5 rings (SSSR count). The quantitative estimate of drug-likeness (QED) is 0.116. The maximum absolute atomic E-state index is 13.6. The van der Waals surface area contributed by atoms with E-state index in [9.17, 15) is 27.9 Å². The number of halogens is 4. The summed E-state index contributed by atoms with van der Waals surface area (Å²) in [6.07, 6.45) is 0.503. The van der Waals surface area contributed by atoms with E-state index < -0.39 is 12.1 Å². The molecule has 1 aliphatic carbocycles. The fourth-order valence-corrected chi connectivity index (χ4v) is 6.42. The second-order valence-electron chi connectivity index (χ2n) is 13.0. The van der Waals surface area contributed by atoms with Gasteiger partial charge in [-0.05, 0) is 114 Å². The van der Waals surface area contributed by atoms with Gasteiger partial charge in [0.15, 0.2) is 0 Å². The van der Waals surface area contributed by atoms with Gasteiger partial charge < -0.3 is 26.2 Å². The number of nitrogens with one attached hydrogen (secondary N) is 1. The number of amides is 2. The summed E-state index contributed by atoms with van der Waals surface area (Å²) in [4.78, 5) is 37.5. The summed E-state index contributed by atoms with van der Waals surface area (Å²) in [6.45, 7) is 2.42. The molecular weight excluding hydrogens is 739 g/mol. The molecule has 0 heterocycles. The minimum absolute atomic E-state index is 0.0518. The highest BCUT2D eigenvalue weighted by Crippen LogP contribution is 2.28. The van der Waals surface area contributed by atoms with Crippen molar-refractivity contribution in [3.05, 3.63) is 124 Å². The first kappa shape index (κ1) is 40.1. The number of rotatable bonds is 12. The summed E-state index contributed by atoms with van der Waals surface area (Å²) in [6, 6.07) is 30.9. The van der Waals surface area contributed by atoms with Crippen LogP contribution < -0.4 is 11.1 Å². The van der Waals surface area contributed by atoms with Crippen molar-refractivity contribution in [1.29, 1.82) is 0 Å². The van der Waals surface area contributed by atoms with Crippen LogP contribution in [-0.2, 0) is 29.0 Å². The Morgan fingerprint density at radius 1 is 0.846 bits per heavy atom. The zero-order valence-electron chi connectivity index (χ0n) is 28.6. The molecule has 0 spiro atoms. The number of benzene rings is 4. The van der Waals surface area contributed by atoms with Gasteiger partial charge in [-0.15, -0.1) is 0 Å². The van der Waals surface area contributed by atoms with Gasteiger partial charge in [-0.25, -0.2) is 4.79 Å². The molecule has 0 radical (unpaired) electrons. The molecule has 2 atom stereocenters. The number of alkyl halides is 3. The van der Waals surface area contributed by atoms with Crippen molar-refractivity contribution in [1.82, 2.24) is 10.2 Å². The van der Waals surface area contributed by atoms with E-state index in [1.807, 2.05) is 83.8 Å². The Morgan fingerprint density at radius 2 is 1.46 bits per heavy atom. The fraction of sp³-hybridized carbons (Fsp3) is 0.325. The number of carbonyl (C=O) groups excluding carboxylic acids is 2. The van der Waals surface area contributed by atoms with Crippen molar-refractivity contribution in [2.45, 2.75) is 51.2 Å². The van der Waals surface area contributed by atoms with E-state index in [1.54, 1.807) is 12.1 Å². The van der Waals surface area contributed by atoms with Crippen molar-refractivity contribution >= 4 is 33.7 Å². The molecule has 1 fully saturated rings. The molecule has 12 heteroatoms. The molecule has 276 valence electrons. The molecule has 4 aromatic carbocycles. The van der Waals surface area contributed by atoms with E-state index in [0.717, 1.165) is 51.7 Å². The third-order valence-corrected chi connectivity index (χ3v) is 9.53. The first-order chi connectivity index (χ1) is 24.8. The van der Waals surface area contributed by atoms with E-state index in [-0.39, 0.29) is 17.6 Å². The van der Waals surface area contributed by atoms with Crippen LogP contribution in [0, 0.1) is 11.8 Å². The summed E-state index contributed by atoms with van der Waals surface area (Å²) in [5.74, 6) is -1.48. The number of hydrogen-bond acceptors (Lipinski definition) is 5. The first-order valence-corrected chi connectivity index (χ1v) is 17.9. The molecule has 52 heavy (non-hydrogen) atoms. The number of carboxylic acid groups (broad SMARTS) is 1. The summed E-state index contributed by atoms with van der Waals surface area (Å²) >= 11 is 3.47. The van der Waals surface area contributed by atoms with Gasteiger partial charge in [0.2, 0.25) is 5.91 Å². The van der Waals surface area contributed by atoms with Gasteiger partial charge >= 0.3 is 12.1 Å². The highest BCUT2D eigenvalue weighted by atomic mass is 79.9. The normalized spacial score (nSPS) is 15.6. The maximum atomic E-state index is 13.6. The molecule has 2 unspecified atom stereocenters. The Balaban J connectivity index is 0.000000785. The van der Waals surface area contributed by atoms with Crippen LogP contribution in [0.1, 0.15) is 52.7 Å². The number of phenolic OH excluding ortho intramolecular Hbond substituents is 1. The Kier molecular flexibility index (Phi) is 14.8. The molecule has 0 saturated heterocycles. The van der Waals surface area contributed by atoms with Crippen molar-refractivity contribution in [3.8, 4) is 16.9 Å². The standard InChI is InChI=1S/C38H42BrN3O3.C2HF3O2/c39-35-14-10-28(11-15-35)22-37(44)42(19-18-27-12-16-36(43)17-13-27)26-31-6-2-7-32(21-31)33-8-3-9-34(23-33)38(45)41-25-30-5-1-4-29(20-30)24-40;3-2(4,5)1(6)7/h2-3,6-17,21,23,29-30,43H,1,4-5,18-20,22,24-26,40H2,(H,41,45);(H,6,7). The first-order valence-electron chi connectivity index (χ1n) is 17.1. The molecule has 0 aliphatic heterocycles. The average Bonchev–Trinajstić information content (AvgIpc) is 3.14. The lowest BCUT2D eigenvalue weighted by Gasteiger charge is -2.28. The number of nitrogens with two attached hydrogens (primary N) is 1. The van der Waals surface area contributed by atoms with Crippen LogP contribution in [0.15, 0.2) is 102 Å². The second kappa shape index (κ2) is 19.2. The van der Waals surface area contributed by atoms with Crippen LogP contribution in [0.4, 0.5) is 13.2 Å². The van der Waals surface area contributed by atoms with E-state index in [4.69, 9.17) is 15.6 Å². The van der Waals surface area contributed by atoms with Crippen molar-refractivity contribution in [3.63, 3.8) is 0 Å². The predicted molar refractivity (Wildman–Crippen MR) is 197 cm³/mol. The van der Waals surface area contributed by atoms with Crippen LogP contribution >= 0.6 is 15.9 Å². The average molecular weight is 783 g/mol. The third-order valence-electron chi connectivity index (χ3n) is 9.01. The Hall–Kier alpha value is -4.68. The Labute approximate surface area is 310 Å². The van der Waals surface area contributed by atoms with Crippen molar-refractivity contribution in [2.24, 2.45) is 17.6 Å². The Morgan fingerprint density at radius 3 is 2.12 bits per heavy atom. The molecule has 2 amide bonds. The van der Waals surface area contributed by atoms with Gasteiger partial charge in [0, 0.05) is 29.7 Å². The van der Waals surface area contributed by atoms with Crippen molar-refractivity contribution in [2.75, 3.05) is 19.6 Å². The summed E-state index contributed by atoms with van der Waals surface area (Å²) in [5.41, 5.74) is 11.5. The van der Waals surface area contributed by atoms with Gasteiger partial charge in [-0.3, -0.25) is 9.59 Å². The highest BCUT2D eigenvalue weighted by molar-refractivity contribution is 9.10. The molecular formula is C40H43BrF3N3O5. The molecule has 5 N–H and O–H groups in total. The molecule has 1 aliphatic rings. The number of phenols is 1. The molecule has 4 aromatic rings. The van der Waals surface area contributed by atoms with Gasteiger partial charge in [0.25, 0.3) is 5.91 Å². The summed E-state index contributed by atoms with van der Waals surface area (Å²) < 4.78 is 32.7. The van der Waals surface area contributed by atoms with Crippen LogP contribution in [0.25, 0.3) is 11.1 Å². The zero-order chi connectivity index (χ0) is 37.7. The van der Waals surface area contributed by atoms with E-state index in [1.165, 1.54) is 12.8 Å². The van der Waals surface area contributed by atoms with Crippen LogP contribution in [-0.4, -0.2) is 58.7 Å². The second-order valence-corrected chi connectivity index (χ2v) is 13.9. The highest BCUT2D eigenvalue weighted by Gasteiger charge is 2.38. The number of aliphatic carboxylic acids is 1. The van der Waals surface area contributed by atoms with Gasteiger partial charge in [0.05, 0.1) is 6.42 Å². The third kappa shape index (κ3) is 12.8. The Bertz CT molecular complexity index is 1780. The van der Waals surface area contributed by atoms with E-state index in [0.29, 0.717) is 49.9 Å². The van der Waals surface area contributed by atoms with Crippen LogP contribution in [0.3, 0.4) is 0 Å². The topological polar surface area (TPSA) is 133 Å².